The van der Waals surface area contributed by atoms with Crippen molar-refractivity contribution in [1.82, 2.24) is 15.0 Å². The van der Waals surface area contributed by atoms with Crippen molar-refractivity contribution in [2.24, 2.45) is 16.7 Å². The number of aromatic nitrogens is 3. The van der Waals surface area contributed by atoms with E-state index in [0.717, 1.165) is 0 Å². The average Bonchev–Trinajstić information content (AvgIpc) is 3.27. The molecule has 1 aromatic heterocycles. The third-order valence-electron chi connectivity index (χ3n) is 9.34. The Hall–Kier alpha value is -2.40. The van der Waals surface area contributed by atoms with E-state index >= 15 is 0 Å². The first-order valence-electron chi connectivity index (χ1n) is 13.2. The number of ether oxygens (including phenoxy) is 3. The number of allylic oxidation sites excluding steroid dienone is 1. The molecule has 0 unspecified atom stereocenters. The summed E-state index contributed by atoms with van der Waals surface area (Å²) in [5, 5.41) is 32.7. The number of hydrogen-bond acceptors (Lipinski definition) is 9. The fraction of sp³-hybridized carbons (Fsp3) is 0.714. The molecule has 0 amide bonds. The van der Waals surface area contributed by atoms with Crippen molar-refractivity contribution in [2.45, 2.75) is 109 Å². The van der Waals surface area contributed by atoms with Crippen LogP contribution >= 0.6 is 0 Å². The maximum atomic E-state index is 14.1. The van der Waals surface area contributed by atoms with Crippen molar-refractivity contribution < 1.29 is 34.0 Å². The Morgan fingerprint density at radius 3 is 2.58 bits per heavy atom. The molecule has 1 aromatic rings. The number of carbonyl (C=O) groups is 2. The fourth-order valence-corrected chi connectivity index (χ4v) is 7.64. The Labute approximate surface area is 224 Å². The van der Waals surface area contributed by atoms with E-state index in [1.807, 2.05) is 13.8 Å². The molecule has 1 aliphatic heterocycles. The number of esters is 1. The quantitative estimate of drug-likeness (QED) is 0.402. The first-order valence-corrected chi connectivity index (χ1v) is 13.2. The van der Waals surface area contributed by atoms with Gasteiger partial charge in [0.2, 0.25) is 0 Å². The van der Waals surface area contributed by atoms with Gasteiger partial charge in [0.1, 0.15) is 23.5 Å². The maximum Gasteiger partial charge on any atom is 0.303 e. The smallest absolute Gasteiger partial charge is 0.303 e. The van der Waals surface area contributed by atoms with E-state index in [2.05, 4.69) is 23.5 Å². The molecule has 2 aliphatic carbocycles. The number of rotatable bonds is 7. The van der Waals surface area contributed by atoms with E-state index in [4.69, 9.17) is 14.2 Å². The molecule has 2 saturated carbocycles. The molecule has 0 spiro atoms. The van der Waals surface area contributed by atoms with Gasteiger partial charge in [0.15, 0.2) is 11.4 Å². The molecule has 8 atom stereocenters. The number of carbonyl (C=O) groups excluding carboxylic acids is 2. The second-order valence-corrected chi connectivity index (χ2v) is 12.4. The summed E-state index contributed by atoms with van der Waals surface area (Å²) in [6, 6.07) is 0. The van der Waals surface area contributed by atoms with Crippen LogP contribution in [0, 0.1) is 16.7 Å². The molecule has 10 heteroatoms. The molecule has 0 aromatic carbocycles. The lowest BCUT2D eigenvalue weighted by atomic mass is 9.39. The SMILES string of the molecule is C=CCn1cc(CO[C@H]2CCC(C)(C)[C@@H]3[C@H](OC(C)=O)[C@H](O)[C@@]4(C)O[C@@](C)(C=C)CC(=O)[C@]4(O)[C@@]23C)nn1. The summed E-state index contributed by atoms with van der Waals surface area (Å²) in [4.78, 5) is 26.4. The normalized spacial score (nSPS) is 42.1. The highest BCUT2D eigenvalue weighted by atomic mass is 16.6. The van der Waals surface area contributed by atoms with Gasteiger partial charge in [0.25, 0.3) is 0 Å². The molecule has 3 fully saturated rings. The topological polar surface area (TPSA) is 133 Å². The van der Waals surface area contributed by atoms with Gasteiger partial charge in [0.05, 0.1) is 31.1 Å². The van der Waals surface area contributed by atoms with Crippen molar-refractivity contribution in [3.63, 3.8) is 0 Å². The van der Waals surface area contributed by atoms with Crippen molar-refractivity contribution >= 4 is 11.8 Å². The first kappa shape index (κ1) is 28.6. The molecule has 1 saturated heterocycles. The number of hydrogen-bond donors (Lipinski definition) is 2. The predicted molar refractivity (Wildman–Crippen MR) is 138 cm³/mol. The van der Waals surface area contributed by atoms with Crippen LogP contribution < -0.4 is 0 Å². The lowest BCUT2D eigenvalue weighted by Gasteiger charge is -2.71. The Balaban J connectivity index is 1.85. The zero-order valence-corrected chi connectivity index (χ0v) is 23.3. The molecule has 38 heavy (non-hydrogen) atoms. The van der Waals surface area contributed by atoms with Crippen LogP contribution in [-0.4, -0.2) is 72.1 Å². The molecule has 4 rings (SSSR count). The zero-order chi connectivity index (χ0) is 28.3. The minimum atomic E-state index is -2.16. The summed E-state index contributed by atoms with van der Waals surface area (Å²) in [6.45, 7) is 18.4. The number of aliphatic hydroxyl groups excluding tert-OH is 1. The van der Waals surface area contributed by atoms with Gasteiger partial charge in [0, 0.05) is 24.7 Å². The zero-order valence-electron chi connectivity index (χ0n) is 23.3. The third-order valence-corrected chi connectivity index (χ3v) is 9.34. The number of aliphatic hydroxyl groups is 2. The van der Waals surface area contributed by atoms with Gasteiger partial charge in [-0.2, -0.15) is 0 Å². The van der Waals surface area contributed by atoms with Gasteiger partial charge in [-0.15, -0.1) is 18.3 Å². The van der Waals surface area contributed by atoms with Gasteiger partial charge < -0.3 is 24.4 Å². The van der Waals surface area contributed by atoms with Crippen LogP contribution in [0.3, 0.4) is 0 Å². The molecule has 0 bridgehead atoms. The molecule has 0 radical (unpaired) electrons. The molecular formula is C28H41N3O7. The van der Waals surface area contributed by atoms with Gasteiger partial charge in [-0.1, -0.05) is 38.1 Å². The van der Waals surface area contributed by atoms with Crippen molar-refractivity contribution in [3.05, 3.63) is 37.2 Å². The Bertz CT molecular complexity index is 1130. The van der Waals surface area contributed by atoms with Crippen LogP contribution in [-0.2, 0) is 37.0 Å². The number of ketones is 1. The molecular weight excluding hydrogens is 490 g/mol. The highest BCUT2D eigenvalue weighted by Crippen LogP contribution is 2.67. The van der Waals surface area contributed by atoms with Crippen LogP contribution in [0.4, 0.5) is 0 Å². The predicted octanol–water partition coefficient (Wildman–Crippen LogP) is 2.52. The Kier molecular flexibility index (Phi) is 7.05. The summed E-state index contributed by atoms with van der Waals surface area (Å²) >= 11 is 0. The van der Waals surface area contributed by atoms with E-state index in [1.54, 1.807) is 30.8 Å². The lowest BCUT2D eigenvalue weighted by Crippen LogP contribution is -2.86. The van der Waals surface area contributed by atoms with E-state index < -0.39 is 63.6 Å². The lowest BCUT2D eigenvalue weighted by molar-refractivity contribution is -0.373. The average molecular weight is 532 g/mol. The highest BCUT2D eigenvalue weighted by molar-refractivity contribution is 5.92. The number of fused-ring (bicyclic) bond motifs is 3. The first-order chi connectivity index (χ1) is 17.6. The van der Waals surface area contributed by atoms with Crippen LogP contribution in [0.2, 0.25) is 0 Å². The largest absolute Gasteiger partial charge is 0.459 e. The highest BCUT2D eigenvalue weighted by Gasteiger charge is 2.81. The van der Waals surface area contributed by atoms with Gasteiger partial charge in [-0.25, -0.2) is 4.68 Å². The van der Waals surface area contributed by atoms with E-state index in [0.29, 0.717) is 25.1 Å². The van der Waals surface area contributed by atoms with Crippen molar-refractivity contribution in [1.29, 1.82) is 0 Å². The summed E-state index contributed by atoms with van der Waals surface area (Å²) in [6.07, 6.45) is 2.81. The Morgan fingerprint density at radius 2 is 1.97 bits per heavy atom. The van der Waals surface area contributed by atoms with Gasteiger partial charge >= 0.3 is 5.97 Å². The number of Topliss-reactive ketones (excluding diaryl/α,β-unsaturated/α-hetero) is 1. The minimum Gasteiger partial charge on any atom is -0.459 e. The maximum absolute atomic E-state index is 14.1. The summed E-state index contributed by atoms with van der Waals surface area (Å²) < 4.78 is 20.3. The Morgan fingerprint density at radius 1 is 1.29 bits per heavy atom. The molecule has 210 valence electrons. The second-order valence-electron chi connectivity index (χ2n) is 12.4. The van der Waals surface area contributed by atoms with Crippen LogP contribution in [0.5, 0.6) is 0 Å². The van der Waals surface area contributed by atoms with E-state index in [1.165, 1.54) is 19.9 Å². The molecule has 3 aliphatic rings. The van der Waals surface area contributed by atoms with E-state index in [9.17, 15) is 19.8 Å². The van der Waals surface area contributed by atoms with Crippen LogP contribution in [0.25, 0.3) is 0 Å². The molecule has 2 heterocycles. The monoisotopic (exact) mass is 531 g/mol. The number of nitrogens with zero attached hydrogens (tertiary/aromatic N) is 3. The van der Waals surface area contributed by atoms with Crippen LogP contribution in [0.1, 0.15) is 66.5 Å². The summed E-state index contributed by atoms with van der Waals surface area (Å²) in [5.74, 6) is -1.68. The summed E-state index contributed by atoms with van der Waals surface area (Å²) in [5.41, 5.74) is -6.36. The fourth-order valence-electron chi connectivity index (χ4n) is 7.64. The van der Waals surface area contributed by atoms with E-state index in [-0.39, 0.29) is 13.0 Å². The van der Waals surface area contributed by atoms with Crippen LogP contribution in [0.15, 0.2) is 31.5 Å². The van der Waals surface area contributed by atoms with Gasteiger partial charge in [-0.3, -0.25) is 9.59 Å². The second kappa shape index (κ2) is 9.36. The standard InChI is InChI=1S/C28H41N3O7/c1-9-13-31-15-18(29-30-31)16-36-20-11-12-24(4,5)22-21(37-17(3)32)23(34)27(8)28(35,26(20,22)7)19(33)14-25(6,10-2)38-27/h9-10,15,20-23,34-35H,1-2,11-14,16H2,3-8H3/t20-,21-,22-,23-,25-,26-,27+,28-/m0/s1. The van der Waals surface area contributed by atoms with Crippen molar-refractivity contribution in [2.75, 3.05) is 0 Å². The summed E-state index contributed by atoms with van der Waals surface area (Å²) in [7, 11) is 0. The molecule has 2 N–H and O–H groups in total. The third kappa shape index (κ3) is 3.99. The molecule has 10 nitrogen and oxygen atoms in total. The van der Waals surface area contributed by atoms with Gasteiger partial charge in [-0.05, 0) is 32.1 Å². The minimum absolute atomic E-state index is 0.0948. The van der Waals surface area contributed by atoms with Crippen molar-refractivity contribution in [3.8, 4) is 0 Å².